The highest BCUT2D eigenvalue weighted by atomic mass is 79.9. The number of thiazole rings is 1. The van der Waals surface area contributed by atoms with Gasteiger partial charge in [0.1, 0.15) is 5.75 Å². The zero-order valence-corrected chi connectivity index (χ0v) is 18.0. The number of amides is 2. The van der Waals surface area contributed by atoms with Crippen LogP contribution in [0.2, 0.25) is 0 Å². The van der Waals surface area contributed by atoms with Crippen molar-refractivity contribution in [1.82, 2.24) is 4.98 Å². The predicted molar refractivity (Wildman–Crippen MR) is 117 cm³/mol. The summed E-state index contributed by atoms with van der Waals surface area (Å²) in [6.07, 6.45) is 0.183. The number of hydrogen-bond donors (Lipinski definition) is 1. The lowest BCUT2D eigenvalue weighted by atomic mass is 10.1. The van der Waals surface area contributed by atoms with E-state index in [1.54, 1.807) is 24.1 Å². The van der Waals surface area contributed by atoms with Crippen molar-refractivity contribution in [3.8, 4) is 17.0 Å². The van der Waals surface area contributed by atoms with Crippen LogP contribution < -0.4 is 15.0 Å². The number of nitrogens with one attached hydrogen (secondary N) is 1. The summed E-state index contributed by atoms with van der Waals surface area (Å²) in [4.78, 5) is 31.2. The molecule has 0 spiro atoms. The molecule has 3 aromatic rings. The molecule has 4 rings (SSSR count). The van der Waals surface area contributed by atoms with Crippen LogP contribution in [0.15, 0.2) is 58.4 Å². The zero-order chi connectivity index (χ0) is 20.4. The predicted octanol–water partition coefficient (Wildman–Crippen LogP) is 4.57. The SMILES string of the molecule is COc1ccc(N2CC(C(=O)Nc3nc(-c4ccc(Br)cc4)cs3)CC2=O)cc1. The number of nitrogens with zero attached hydrogens (tertiary/aromatic N) is 2. The third kappa shape index (κ3) is 4.33. The summed E-state index contributed by atoms with van der Waals surface area (Å²) in [7, 11) is 1.59. The van der Waals surface area contributed by atoms with Crippen LogP contribution in [0, 0.1) is 5.92 Å². The van der Waals surface area contributed by atoms with Gasteiger partial charge >= 0.3 is 0 Å². The molecule has 0 saturated carbocycles. The quantitative estimate of drug-likeness (QED) is 0.591. The van der Waals surface area contributed by atoms with Crippen molar-refractivity contribution in [2.75, 3.05) is 23.9 Å². The van der Waals surface area contributed by atoms with Gasteiger partial charge in [0.15, 0.2) is 5.13 Å². The van der Waals surface area contributed by atoms with E-state index in [1.165, 1.54) is 11.3 Å². The van der Waals surface area contributed by atoms with E-state index < -0.39 is 5.92 Å². The third-order valence-corrected chi connectivity index (χ3v) is 6.04. The summed E-state index contributed by atoms with van der Waals surface area (Å²) in [6.45, 7) is 0.349. The van der Waals surface area contributed by atoms with Crippen LogP contribution in [0.4, 0.5) is 10.8 Å². The molecule has 1 fully saturated rings. The van der Waals surface area contributed by atoms with Gasteiger partial charge in [0.25, 0.3) is 0 Å². The topological polar surface area (TPSA) is 71.5 Å². The molecule has 1 atom stereocenters. The standard InChI is InChI=1S/C21H18BrN3O3S/c1-28-17-8-6-16(7-9-17)25-11-14(10-19(25)26)20(27)24-21-23-18(12-29-21)13-2-4-15(22)5-3-13/h2-9,12,14H,10-11H2,1H3,(H,23,24,27). The van der Waals surface area contributed by atoms with Crippen molar-refractivity contribution < 1.29 is 14.3 Å². The summed E-state index contributed by atoms with van der Waals surface area (Å²) >= 11 is 4.79. The summed E-state index contributed by atoms with van der Waals surface area (Å²) in [6, 6.07) is 15.1. The Hall–Kier alpha value is -2.71. The van der Waals surface area contributed by atoms with Crippen molar-refractivity contribution in [2.24, 2.45) is 5.92 Å². The number of aromatic nitrogens is 1. The summed E-state index contributed by atoms with van der Waals surface area (Å²) in [5.41, 5.74) is 2.55. The van der Waals surface area contributed by atoms with E-state index in [2.05, 4.69) is 26.2 Å². The third-order valence-electron chi connectivity index (χ3n) is 4.75. The van der Waals surface area contributed by atoms with E-state index in [-0.39, 0.29) is 18.2 Å². The molecule has 0 radical (unpaired) electrons. The van der Waals surface area contributed by atoms with Crippen LogP contribution >= 0.6 is 27.3 Å². The Morgan fingerprint density at radius 1 is 1.21 bits per heavy atom. The Kier molecular flexibility index (Phi) is 5.64. The number of hydrogen-bond acceptors (Lipinski definition) is 5. The highest BCUT2D eigenvalue weighted by molar-refractivity contribution is 9.10. The van der Waals surface area contributed by atoms with E-state index >= 15 is 0 Å². The van der Waals surface area contributed by atoms with Gasteiger partial charge in [-0.1, -0.05) is 28.1 Å². The Labute approximate surface area is 180 Å². The van der Waals surface area contributed by atoms with Crippen molar-refractivity contribution in [2.45, 2.75) is 6.42 Å². The second-order valence-corrected chi connectivity index (χ2v) is 8.41. The molecule has 0 aliphatic carbocycles. The van der Waals surface area contributed by atoms with E-state index in [0.29, 0.717) is 11.7 Å². The largest absolute Gasteiger partial charge is 0.497 e. The minimum atomic E-state index is -0.412. The van der Waals surface area contributed by atoms with Crippen LogP contribution in [0.25, 0.3) is 11.3 Å². The van der Waals surface area contributed by atoms with E-state index in [0.717, 1.165) is 27.2 Å². The molecule has 1 N–H and O–H groups in total. The van der Waals surface area contributed by atoms with E-state index in [9.17, 15) is 9.59 Å². The molecule has 29 heavy (non-hydrogen) atoms. The first-order chi connectivity index (χ1) is 14.0. The Morgan fingerprint density at radius 2 is 1.93 bits per heavy atom. The molecule has 1 aliphatic heterocycles. The molecule has 1 unspecified atom stereocenters. The fourth-order valence-electron chi connectivity index (χ4n) is 3.19. The Bertz CT molecular complexity index is 1030. The van der Waals surface area contributed by atoms with Gasteiger partial charge in [0.2, 0.25) is 11.8 Å². The second kappa shape index (κ2) is 8.34. The normalized spacial score (nSPS) is 16.1. The molecule has 1 aromatic heterocycles. The van der Waals surface area contributed by atoms with Gasteiger partial charge in [0, 0.05) is 34.1 Å². The summed E-state index contributed by atoms with van der Waals surface area (Å²) < 4.78 is 6.15. The maximum Gasteiger partial charge on any atom is 0.231 e. The molecular weight excluding hydrogens is 454 g/mol. The minimum Gasteiger partial charge on any atom is -0.497 e. The Balaban J connectivity index is 1.41. The summed E-state index contributed by atoms with van der Waals surface area (Å²) in [5, 5.41) is 5.29. The number of carbonyl (C=O) groups is 2. The summed E-state index contributed by atoms with van der Waals surface area (Å²) in [5.74, 6) is 0.0562. The number of ether oxygens (including phenoxy) is 1. The lowest BCUT2D eigenvalue weighted by molar-refractivity contribution is -0.122. The van der Waals surface area contributed by atoms with Crippen LogP contribution in [-0.4, -0.2) is 30.5 Å². The number of rotatable bonds is 5. The van der Waals surface area contributed by atoms with E-state index in [1.807, 2.05) is 41.8 Å². The number of halogens is 1. The first-order valence-electron chi connectivity index (χ1n) is 9.00. The molecule has 1 aliphatic rings. The smallest absolute Gasteiger partial charge is 0.231 e. The van der Waals surface area contributed by atoms with Gasteiger partial charge in [0.05, 0.1) is 18.7 Å². The van der Waals surface area contributed by atoms with Crippen molar-refractivity contribution in [3.05, 3.63) is 58.4 Å². The molecule has 2 aromatic carbocycles. The average Bonchev–Trinajstić information content (AvgIpc) is 3.35. The van der Waals surface area contributed by atoms with Gasteiger partial charge in [-0.05, 0) is 36.4 Å². The van der Waals surface area contributed by atoms with Crippen LogP contribution in [0.5, 0.6) is 5.75 Å². The van der Waals surface area contributed by atoms with Crippen molar-refractivity contribution in [3.63, 3.8) is 0 Å². The van der Waals surface area contributed by atoms with Gasteiger partial charge in [-0.25, -0.2) is 4.98 Å². The van der Waals surface area contributed by atoms with E-state index in [4.69, 9.17) is 4.74 Å². The monoisotopic (exact) mass is 471 g/mol. The van der Waals surface area contributed by atoms with Crippen LogP contribution in [0.3, 0.4) is 0 Å². The van der Waals surface area contributed by atoms with Gasteiger partial charge in [-0.15, -0.1) is 11.3 Å². The lowest BCUT2D eigenvalue weighted by Gasteiger charge is -2.16. The van der Waals surface area contributed by atoms with Gasteiger partial charge < -0.3 is 15.0 Å². The molecular formula is C21H18BrN3O3S. The highest BCUT2D eigenvalue weighted by Crippen LogP contribution is 2.29. The fraction of sp³-hybridized carbons (Fsp3) is 0.190. The lowest BCUT2D eigenvalue weighted by Crippen LogP contribution is -2.28. The molecule has 1 saturated heterocycles. The van der Waals surface area contributed by atoms with Gasteiger partial charge in [-0.3, -0.25) is 9.59 Å². The number of anilines is 2. The van der Waals surface area contributed by atoms with Crippen LogP contribution in [-0.2, 0) is 9.59 Å². The maximum atomic E-state index is 12.7. The highest BCUT2D eigenvalue weighted by Gasteiger charge is 2.35. The first kappa shape index (κ1) is 19.6. The molecule has 2 heterocycles. The second-order valence-electron chi connectivity index (χ2n) is 6.64. The molecule has 148 valence electrons. The number of methoxy groups -OCH3 is 1. The molecule has 0 bridgehead atoms. The van der Waals surface area contributed by atoms with Crippen molar-refractivity contribution in [1.29, 1.82) is 0 Å². The number of carbonyl (C=O) groups excluding carboxylic acids is 2. The first-order valence-corrected chi connectivity index (χ1v) is 10.7. The average molecular weight is 472 g/mol. The van der Waals surface area contributed by atoms with Gasteiger partial charge in [-0.2, -0.15) is 0 Å². The van der Waals surface area contributed by atoms with Crippen LogP contribution in [0.1, 0.15) is 6.42 Å². The molecule has 2 amide bonds. The molecule has 6 nitrogen and oxygen atoms in total. The zero-order valence-electron chi connectivity index (χ0n) is 15.6. The number of benzene rings is 2. The minimum absolute atomic E-state index is 0.0648. The van der Waals surface area contributed by atoms with Crippen molar-refractivity contribution >= 4 is 49.9 Å². The molecule has 8 heteroatoms. The maximum absolute atomic E-state index is 12.7. The Morgan fingerprint density at radius 3 is 2.62 bits per heavy atom. The fourth-order valence-corrected chi connectivity index (χ4v) is 4.17.